The molecule has 1 aliphatic carbocycles. The largest absolute Gasteiger partial charge is 0.478 e. The first-order valence-corrected chi connectivity index (χ1v) is 5.18. The summed E-state index contributed by atoms with van der Waals surface area (Å²) in [5.74, 6) is -0.888. The van der Waals surface area contributed by atoms with Crippen LogP contribution in [0.3, 0.4) is 0 Å². The minimum atomic E-state index is -0.888. The summed E-state index contributed by atoms with van der Waals surface area (Å²) >= 11 is 1.49. The standard InChI is InChI=1S/C9H11NO2S/c10-8-7(9(11)12)5-3-1-2-4-6(5)13-8/h3,6H,1-2,4,10H2,(H,11,12). The molecular weight excluding hydrogens is 186 g/mol. The quantitative estimate of drug-likeness (QED) is 0.668. The number of fused-ring (bicyclic) bond motifs is 1. The van der Waals surface area contributed by atoms with Gasteiger partial charge in [0.15, 0.2) is 0 Å². The average molecular weight is 197 g/mol. The average Bonchev–Trinajstić information content (AvgIpc) is 2.39. The maximum atomic E-state index is 10.9. The van der Waals surface area contributed by atoms with Crippen molar-refractivity contribution in [3.63, 3.8) is 0 Å². The lowest BCUT2D eigenvalue weighted by Crippen LogP contribution is -2.12. The van der Waals surface area contributed by atoms with Gasteiger partial charge in [0.1, 0.15) is 0 Å². The molecule has 0 saturated carbocycles. The number of carboxylic acid groups (broad SMARTS) is 1. The summed E-state index contributed by atoms with van der Waals surface area (Å²) in [5.41, 5.74) is 6.95. The van der Waals surface area contributed by atoms with Gasteiger partial charge in [-0.05, 0) is 24.8 Å². The summed E-state index contributed by atoms with van der Waals surface area (Å²) in [6.07, 6.45) is 5.19. The fourth-order valence-electron chi connectivity index (χ4n) is 1.82. The predicted octanol–water partition coefficient (Wildman–Crippen LogP) is 1.47. The van der Waals surface area contributed by atoms with E-state index in [9.17, 15) is 4.79 Å². The van der Waals surface area contributed by atoms with Crippen LogP contribution in [-0.4, -0.2) is 16.3 Å². The van der Waals surface area contributed by atoms with Crippen molar-refractivity contribution in [2.24, 2.45) is 5.73 Å². The van der Waals surface area contributed by atoms with Crippen LogP contribution in [0.5, 0.6) is 0 Å². The van der Waals surface area contributed by atoms with Crippen molar-refractivity contribution in [2.45, 2.75) is 24.5 Å². The van der Waals surface area contributed by atoms with Crippen molar-refractivity contribution in [1.29, 1.82) is 0 Å². The van der Waals surface area contributed by atoms with Gasteiger partial charge in [0.05, 0.1) is 10.6 Å². The summed E-state index contributed by atoms with van der Waals surface area (Å²) in [4.78, 5) is 10.9. The maximum absolute atomic E-state index is 10.9. The van der Waals surface area contributed by atoms with Crippen LogP contribution in [0, 0.1) is 0 Å². The van der Waals surface area contributed by atoms with E-state index < -0.39 is 5.97 Å². The molecule has 70 valence electrons. The molecule has 0 aromatic carbocycles. The summed E-state index contributed by atoms with van der Waals surface area (Å²) < 4.78 is 0. The van der Waals surface area contributed by atoms with Crippen LogP contribution in [0.1, 0.15) is 19.3 Å². The van der Waals surface area contributed by atoms with Crippen LogP contribution in [0.2, 0.25) is 0 Å². The van der Waals surface area contributed by atoms with Crippen LogP contribution in [-0.2, 0) is 4.79 Å². The molecule has 2 aliphatic rings. The number of carboxylic acids is 1. The molecule has 0 spiro atoms. The maximum Gasteiger partial charge on any atom is 0.338 e. The molecule has 0 saturated heterocycles. The molecule has 1 aliphatic heterocycles. The molecule has 4 heteroatoms. The first kappa shape index (κ1) is 8.69. The van der Waals surface area contributed by atoms with Gasteiger partial charge in [0, 0.05) is 5.25 Å². The van der Waals surface area contributed by atoms with Crippen LogP contribution in [0.25, 0.3) is 0 Å². The number of nitrogens with two attached hydrogens (primary N) is 1. The Hall–Kier alpha value is -0.900. The molecular formula is C9H11NO2S. The number of hydrogen-bond donors (Lipinski definition) is 2. The molecule has 0 radical (unpaired) electrons. The topological polar surface area (TPSA) is 63.3 Å². The van der Waals surface area contributed by atoms with E-state index in [1.165, 1.54) is 11.8 Å². The lowest BCUT2D eigenvalue weighted by Gasteiger charge is -2.16. The Balaban J connectivity index is 2.38. The summed E-state index contributed by atoms with van der Waals surface area (Å²) in [6.45, 7) is 0. The molecule has 2 rings (SSSR count). The minimum Gasteiger partial charge on any atom is -0.478 e. The second kappa shape index (κ2) is 3.10. The van der Waals surface area contributed by atoms with E-state index in [4.69, 9.17) is 10.8 Å². The Labute approximate surface area is 80.7 Å². The van der Waals surface area contributed by atoms with Gasteiger partial charge in [-0.2, -0.15) is 0 Å². The zero-order valence-corrected chi connectivity index (χ0v) is 7.93. The van der Waals surface area contributed by atoms with Gasteiger partial charge in [0.25, 0.3) is 0 Å². The number of carbonyl (C=O) groups is 1. The van der Waals surface area contributed by atoms with Gasteiger partial charge in [-0.25, -0.2) is 4.79 Å². The number of hydrogen-bond acceptors (Lipinski definition) is 3. The third kappa shape index (κ3) is 1.35. The molecule has 1 heterocycles. The third-order valence-electron chi connectivity index (χ3n) is 2.40. The fourth-order valence-corrected chi connectivity index (χ4v) is 3.07. The first-order valence-electron chi connectivity index (χ1n) is 4.30. The number of aliphatic carboxylic acids is 1. The lowest BCUT2D eigenvalue weighted by atomic mass is 9.94. The molecule has 3 nitrogen and oxygen atoms in total. The molecule has 0 aromatic rings. The zero-order valence-electron chi connectivity index (χ0n) is 7.12. The van der Waals surface area contributed by atoms with Crippen LogP contribution >= 0.6 is 11.8 Å². The normalized spacial score (nSPS) is 27.1. The molecule has 0 bridgehead atoms. The minimum absolute atomic E-state index is 0.305. The molecule has 0 amide bonds. The van der Waals surface area contributed by atoms with E-state index in [1.54, 1.807) is 0 Å². The van der Waals surface area contributed by atoms with E-state index in [2.05, 4.69) is 0 Å². The van der Waals surface area contributed by atoms with Gasteiger partial charge >= 0.3 is 5.97 Å². The number of allylic oxidation sites excluding steroid dienone is 1. The second-order valence-electron chi connectivity index (χ2n) is 3.24. The lowest BCUT2D eigenvalue weighted by molar-refractivity contribution is -0.132. The van der Waals surface area contributed by atoms with Crippen LogP contribution in [0.4, 0.5) is 0 Å². The molecule has 13 heavy (non-hydrogen) atoms. The monoisotopic (exact) mass is 197 g/mol. The Kier molecular flexibility index (Phi) is 2.07. The Morgan fingerprint density at radius 2 is 2.46 bits per heavy atom. The summed E-state index contributed by atoms with van der Waals surface area (Å²) in [7, 11) is 0. The van der Waals surface area contributed by atoms with Gasteiger partial charge in [-0.1, -0.05) is 17.8 Å². The van der Waals surface area contributed by atoms with E-state index in [1.807, 2.05) is 6.08 Å². The van der Waals surface area contributed by atoms with Gasteiger partial charge in [-0.3, -0.25) is 0 Å². The van der Waals surface area contributed by atoms with Crippen molar-refractivity contribution in [2.75, 3.05) is 0 Å². The predicted molar refractivity (Wildman–Crippen MR) is 52.2 cm³/mol. The summed E-state index contributed by atoms with van der Waals surface area (Å²) in [5, 5.41) is 9.71. The van der Waals surface area contributed by atoms with Crippen molar-refractivity contribution in [3.05, 3.63) is 22.3 Å². The highest BCUT2D eigenvalue weighted by molar-refractivity contribution is 8.04. The third-order valence-corrected chi connectivity index (χ3v) is 3.63. The molecule has 1 atom stereocenters. The Morgan fingerprint density at radius 1 is 1.69 bits per heavy atom. The zero-order chi connectivity index (χ0) is 9.42. The van der Waals surface area contributed by atoms with Gasteiger partial charge < -0.3 is 10.8 Å². The Morgan fingerprint density at radius 3 is 3.15 bits per heavy atom. The van der Waals surface area contributed by atoms with E-state index >= 15 is 0 Å². The fraction of sp³-hybridized carbons (Fsp3) is 0.444. The molecule has 0 fully saturated rings. The number of thioether (sulfide) groups is 1. The Bertz CT molecular complexity index is 320. The van der Waals surface area contributed by atoms with E-state index in [0.29, 0.717) is 15.9 Å². The van der Waals surface area contributed by atoms with Crippen molar-refractivity contribution >= 4 is 17.7 Å². The first-order chi connectivity index (χ1) is 6.20. The SMILES string of the molecule is NC1=C(C(=O)O)C2=CCCCC2S1. The van der Waals surface area contributed by atoms with Gasteiger partial charge in [0.2, 0.25) is 0 Å². The van der Waals surface area contributed by atoms with E-state index in [0.717, 1.165) is 24.8 Å². The van der Waals surface area contributed by atoms with Crippen molar-refractivity contribution in [1.82, 2.24) is 0 Å². The summed E-state index contributed by atoms with van der Waals surface area (Å²) in [6, 6.07) is 0. The highest BCUT2D eigenvalue weighted by Gasteiger charge is 2.33. The molecule has 3 N–H and O–H groups in total. The van der Waals surface area contributed by atoms with Gasteiger partial charge in [-0.15, -0.1) is 0 Å². The smallest absolute Gasteiger partial charge is 0.338 e. The highest BCUT2D eigenvalue weighted by atomic mass is 32.2. The van der Waals surface area contributed by atoms with E-state index in [-0.39, 0.29) is 0 Å². The van der Waals surface area contributed by atoms with Crippen molar-refractivity contribution in [3.8, 4) is 0 Å². The van der Waals surface area contributed by atoms with Crippen LogP contribution in [0.15, 0.2) is 22.3 Å². The highest BCUT2D eigenvalue weighted by Crippen LogP contribution is 2.43. The molecule has 1 unspecified atom stereocenters. The number of rotatable bonds is 1. The van der Waals surface area contributed by atoms with Crippen molar-refractivity contribution < 1.29 is 9.90 Å². The molecule has 0 aromatic heterocycles. The second-order valence-corrected chi connectivity index (χ2v) is 4.49. The van der Waals surface area contributed by atoms with Crippen LogP contribution < -0.4 is 5.73 Å².